The van der Waals surface area contributed by atoms with E-state index < -0.39 is 23.3 Å². The Morgan fingerprint density at radius 2 is 1.56 bits per heavy atom. The standard InChI is InChI=1S/C9H6F5NO/c10-8(7(16)15-14,9(11,12)13)6-4-2-1-3-5-6/h1-5H,(H,15,16). The third-order valence-corrected chi connectivity index (χ3v) is 1.96. The number of halogens is 5. The molecule has 1 rings (SSSR count). The molecule has 0 fully saturated rings. The van der Waals surface area contributed by atoms with E-state index in [2.05, 4.69) is 0 Å². The lowest BCUT2D eigenvalue weighted by molar-refractivity contribution is -0.233. The molecule has 0 saturated carbocycles. The summed E-state index contributed by atoms with van der Waals surface area (Å²) in [7, 11) is 0. The Kier molecular flexibility index (Phi) is 3.16. The Morgan fingerprint density at radius 1 is 1.06 bits per heavy atom. The lowest BCUT2D eigenvalue weighted by atomic mass is 9.94. The maximum atomic E-state index is 13.6. The average molecular weight is 239 g/mol. The van der Waals surface area contributed by atoms with Crippen LogP contribution in [0, 0.1) is 0 Å². The molecule has 1 atom stereocenters. The highest BCUT2D eigenvalue weighted by molar-refractivity contribution is 5.86. The van der Waals surface area contributed by atoms with Crippen molar-refractivity contribution in [3.05, 3.63) is 35.9 Å². The van der Waals surface area contributed by atoms with E-state index in [0.29, 0.717) is 0 Å². The number of alkyl halides is 4. The Labute approximate surface area is 87.0 Å². The third kappa shape index (κ3) is 1.84. The second-order valence-corrected chi connectivity index (χ2v) is 2.95. The summed E-state index contributed by atoms with van der Waals surface area (Å²) < 4.78 is 62.7. The maximum absolute atomic E-state index is 13.6. The SMILES string of the molecule is O=C(NF)C(F)(c1ccccc1)C(F)(F)F. The zero-order chi connectivity index (χ0) is 12.4. The van der Waals surface area contributed by atoms with Crippen LogP contribution in [0.3, 0.4) is 0 Å². The van der Waals surface area contributed by atoms with Crippen LogP contribution in [0.15, 0.2) is 30.3 Å². The number of nitrogens with one attached hydrogen (secondary N) is 1. The van der Waals surface area contributed by atoms with E-state index in [1.54, 1.807) is 0 Å². The first-order valence-corrected chi connectivity index (χ1v) is 4.06. The van der Waals surface area contributed by atoms with Crippen LogP contribution < -0.4 is 5.54 Å². The Morgan fingerprint density at radius 3 is 1.94 bits per heavy atom. The second kappa shape index (κ2) is 4.07. The molecule has 2 nitrogen and oxygen atoms in total. The zero-order valence-corrected chi connectivity index (χ0v) is 7.68. The van der Waals surface area contributed by atoms with Crippen molar-refractivity contribution in [1.29, 1.82) is 0 Å². The summed E-state index contributed by atoms with van der Waals surface area (Å²) in [6.45, 7) is 0. The maximum Gasteiger partial charge on any atom is 0.436 e. The number of hydrogen-bond acceptors (Lipinski definition) is 1. The lowest BCUT2D eigenvalue weighted by Crippen LogP contribution is -2.49. The molecule has 0 radical (unpaired) electrons. The monoisotopic (exact) mass is 239 g/mol. The van der Waals surface area contributed by atoms with Gasteiger partial charge in [0, 0.05) is 5.56 Å². The molecule has 1 aromatic rings. The van der Waals surface area contributed by atoms with Crippen LogP contribution in [0.25, 0.3) is 0 Å². The topological polar surface area (TPSA) is 29.1 Å². The van der Waals surface area contributed by atoms with Gasteiger partial charge in [-0.3, -0.25) is 4.79 Å². The van der Waals surface area contributed by atoms with Gasteiger partial charge in [-0.1, -0.05) is 30.3 Å². The first kappa shape index (κ1) is 12.4. The van der Waals surface area contributed by atoms with E-state index in [9.17, 15) is 26.8 Å². The molecule has 0 heterocycles. The van der Waals surface area contributed by atoms with Gasteiger partial charge in [0.1, 0.15) is 0 Å². The van der Waals surface area contributed by atoms with Crippen LogP contribution in [-0.2, 0) is 10.5 Å². The fourth-order valence-electron chi connectivity index (χ4n) is 1.16. The van der Waals surface area contributed by atoms with Crippen LogP contribution in [0.1, 0.15) is 5.56 Å². The summed E-state index contributed by atoms with van der Waals surface area (Å²) in [5.41, 5.74) is -5.18. The summed E-state index contributed by atoms with van der Waals surface area (Å²) in [6.07, 6.45) is -5.54. The fraction of sp³-hybridized carbons (Fsp3) is 0.222. The molecule has 1 amide bonds. The second-order valence-electron chi connectivity index (χ2n) is 2.95. The van der Waals surface area contributed by atoms with Gasteiger partial charge in [-0.15, -0.1) is 4.48 Å². The van der Waals surface area contributed by atoms with Gasteiger partial charge in [0.2, 0.25) is 0 Å². The van der Waals surface area contributed by atoms with E-state index in [1.165, 1.54) is 6.07 Å². The van der Waals surface area contributed by atoms with Crippen molar-refractivity contribution in [2.45, 2.75) is 11.8 Å². The highest BCUT2D eigenvalue weighted by atomic mass is 19.4. The van der Waals surface area contributed by atoms with Gasteiger partial charge in [-0.2, -0.15) is 18.7 Å². The van der Waals surface area contributed by atoms with Crippen molar-refractivity contribution < 1.29 is 26.8 Å². The van der Waals surface area contributed by atoms with E-state index in [-0.39, 0.29) is 5.54 Å². The Bertz CT molecular complexity index is 377. The minimum atomic E-state index is -5.54. The number of carbonyl (C=O) groups is 1. The van der Waals surface area contributed by atoms with Crippen LogP contribution >= 0.6 is 0 Å². The fourth-order valence-corrected chi connectivity index (χ4v) is 1.16. The molecule has 7 heteroatoms. The molecule has 0 aromatic heterocycles. The lowest BCUT2D eigenvalue weighted by Gasteiger charge is -2.25. The first-order valence-electron chi connectivity index (χ1n) is 4.06. The molecule has 0 aliphatic heterocycles. The van der Waals surface area contributed by atoms with E-state index >= 15 is 0 Å². The van der Waals surface area contributed by atoms with Crippen molar-refractivity contribution in [1.82, 2.24) is 5.54 Å². The molecule has 88 valence electrons. The number of carbonyl (C=O) groups excluding carboxylic acids is 1. The molecule has 1 N–H and O–H groups in total. The molecular formula is C9H6F5NO. The van der Waals surface area contributed by atoms with E-state index in [4.69, 9.17) is 0 Å². The molecule has 1 unspecified atom stereocenters. The van der Waals surface area contributed by atoms with Gasteiger partial charge in [-0.25, -0.2) is 4.39 Å². The molecule has 0 spiro atoms. The van der Waals surface area contributed by atoms with E-state index in [1.807, 2.05) is 0 Å². The average Bonchev–Trinajstić information content (AvgIpc) is 2.26. The van der Waals surface area contributed by atoms with Crippen molar-refractivity contribution in [2.75, 3.05) is 0 Å². The number of amides is 1. The third-order valence-electron chi connectivity index (χ3n) is 1.96. The number of benzene rings is 1. The summed E-state index contributed by atoms with van der Waals surface area (Å²) in [6, 6.07) is 5.07. The molecular weight excluding hydrogens is 233 g/mol. The quantitative estimate of drug-likeness (QED) is 0.623. The van der Waals surface area contributed by atoms with Crippen molar-refractivity contribution in [3.8, 4) is 0 Å². The van der Waals surface area contributed by atoms with E-state index in [0.717, 1.165) is 24.3 Å². The van der Waals surface area contributed by atoms with Crippen molar-refractivity contribution in [3.63, 3.8) is 0 Å². The van der Waals surface area contributed by atoms with Gasteiger partial charge >= 0.3 is 11.8 Å². The number of hydrogen-bond donors (Lipinski definition) is 1. The van der Waals surface area contributed by atoms with Crippen molar-refractivity contribution in [2.24, 2.45) is 0 Å². The van der Waals surface area contributed by atoms with Crippen LogP contribution in [0.5, 0.6) is 0 Å². The summed E-state index contributed by atoms with van der Waals surface area (Å²) in [4.78, 5) is 10.7. The highest BCUT2D eigenvalue weighted by Crippen LogP contribution is 2.42. The molecule has 1 aromatic carbocycles. The predicted octanol–water partition coefficient (Wildman–Crippen LogP) is 2.41. The molecule has 0 bridgehead atoms. The first-order chi connectivity index (χ1) is 7.34. The Balaban J connectivity index is 3.32. The Hall–Kier alpha value is -1.66. The van der Waals surface area contributed by atoms with Crippen molar-refractivity contribution >= 4 is 5.91 Å². The van der Waals surface area contributed by atoms with Gasteiger partial charge in [0.15, 0.2) is 0 Å². The predicted molar refractivity (Wildman–Crippen MR) is 44.5 cm³/mol. The van der Waals surface area contributed by atoms with Gasteiger partial charge in [0.05, 0.1) is 0 Å². The van der Waals surface area contributed by atoms with Gasteiger partial charge < -0.3 is 0 Å². The van der Waals surface area contributed by atoms with Crippen LogP contribution in [0.2, 0.25) is 0 Å². The van der Waals surface area contributed by atoms with Crippen LogP contribution in [0.4, 0.5) is 22.0 Å². The normalized spacial score (nSPS) is 15.3. The smallest absolute Gasteiger partial charge is 0.268 e. The number of rotatable bonds is 2. The molecule has 0 aliphatic carbocycles. The molecule has 0 saturated heterocycles. The minimum Gasteiger partial charge on any atom is -0.268 e. The molecule has 16 heavy (non-hydrogen) atoms. The summed E-state index contributed by atoms with van der Waals surface area (Å²) >= 11 is 0. The zero-order valence-electron chi connectivity index (χ0n) is 7.68. The summed E-state index contributed by atoms with van der Waals surface area (Å²) in [5.74, 6) is -2.40. The largest absolute Gasteiger partial charge is 0.436 e. The minimum absolute atomic E-state index is 0.177. The summed E-state index contributed by atoms with van der Waals surface area (Å²) in [5, 5.41) is 0. The van der Waals surface area contributed by atoms with Crippen LogP contribution in [-0.4, -0.2) is 12.1 Å². The van der Waals surface area contributed by atoms with Gasteiger partial charge in [0.25, 0.3) is 5.91 Å². The van der Waals surface area contributed by atoms with Gasteiger partial charge in [-0.05, 0) is 0 Å². The highest BCUT2D eigenvalue weighted by Gasteiger charge is 2.63. The molecule has 0 aliphatic rings.